The van der Waals surface area contributed by atoms with Gasteiger partial charge in [-0.25, -0.2) is 0 Å². The van der Waals surface area contributed by atoms with Gasteiger partial charge in [0.25, 0.3) is 5.91 Å². The van der Waals surface area contributed by atoms with Gasteiger partial charge in [-0.15, -0.1) is 11.3 Å². The van der Waals surface area contributed by atoms with E-state index in [0.29, 0.717) is 0 Å². The van der Waals surface area contributed by atoms with Crippen LogP contribution >= 0.6 is 22.7 Å². The third-order valence-electron chi connectivity index (χ3n) is 3.82. The van der Waals surface area contributed by atoms with Crippen molar-refractivity contribution in [1.82, 2.24) is 4.90 Å². The van der Waals surface area contributed by atoms with Gasteiger partial charge in [-0.05, 0) is 60.7 Å². The summed E-state index contributed by atoms with van der Waals surface area (Å²) in [5, 5.41) is 4.26. The molecule has 1 aliphatic heterocycles. The fourth-order valence-electron chi connectivity index (χ4n) is 2.64. The zero-order chi connectivity index (χ0) is 13.4. The van der Waals surface area contributed by atoms with E-state index in [1.807, 2.05) is 11.0 Å². The molecule has 1 atom stereocenters. The number of nitrogens with zero attached hydrogens (tertiary/aromatic N) is 1. The van der Waals surface area contributed by atoms with Crippen LogP contribution in [0.15, 0.2) is 22.9 Å². The van der Waals surface area contributed by atoms with Crippen molar-refractivity contribution >= 4 is 28.6 Å². The van der Waals surface area contributed by atoms with Crippen LogP contribution in [0.25, 0.3) is 0 Å². The van der Waals surface area contributed by atoms with Crippen LogP contribution in [-0.4, -0.2) is 17.4 Å². The largest absolute Gasteiger partial charge is 0.331 e. The van der Waals surface area contributed by atoms with Crippen molar-refractivity contribution in [3.05, 3.63) is 43.8 Å². The molecule has 100 valence electrons. The molecule has 0 unspecified atom stereocenters. The van der Waals surface area contributed by atoms with Crippen LogP contribution in [0.4, 0.5) is 0 Å². The minimum atomic E-state index is 0.204. The van der Waals surface area contributed by atoms with Gasteiger partial charge in [0.05, 0.1) is 10.9 Å². The highest BCUT2D eigenvalue weighted by Crippen LogP contribution is 2.35. The maximum absolute atomic E-state index is 12.7. The molecule has 0 aliphatic carbocycles. The zero-order valence-electron chi connectivity index (χ0n) is 11.2. The van der Waals surface area contributed by atoms with Crippen LogP contribution in [0, 0.1) is 13.8 Å². The Balaban J connectivity index is 1.86. The molecule has 4 heteroatoms. The maximum Gasteiger partial charge on any atom is 0.264 e. The van der Waals surface area contributed by atoms with Crippen LogP contribution in [0.3, 0.4) is 0 Å². The smallest absolute Gasteiger partial charge is 0.264 e. The van der Waals surface area contributed by atoms with Gasteiger partial charge in [0.1, 0.15) is 0 Å². The zero-order valence-corrected chi connectivity index (χ0v) is 12.8. The van der Waals surface area contributed by atoms with Crippen molar-refractivity contribution in [3.8, 4) is 0 Å². The molecule has 1 fully saturated rings. The van der Waals surface area contributed by atoms with Gasteiger partial charge in [-0.1, -0.05) is 0 Å². The number of carbonyl (C=O) groups is 1. The first-order valence-corrected chi connectivity index (χ1v) is 8.33. The number of likely N-dealkylation sites (tertiary alicyclic amines) is 1. The van der Waals surface area contributed by atoms with E-state index >= 15 is 0 Å². The molecule has 1 saturated heterocycles. The topological polar surface area (TPSA) is 20.3 Å². The molecule has 0 radical (unpaired) electrons. The predicted molar refractivity (Wildman–Crippen MR) is 81.1 cm³/mol. The van der Waals surface area contributed by atoms with Gasteiger partial charge in [-0.2, -0.15) is 11.3 Å². The van der Waals surface area contributed by atoms with Crippen molar-refractivity contribution in [2.24, 2.45) is 0 Å². The number of thiophene rings is 2. The number of amides is 1. The van der Waals surface area contributed by atoms with E-state index in [1.54, 1.807) is 22.7 Å². The second kappa shape index (κ2) is 5.10. The van der Waals surface area contributed by atoms with E-state index in [0.717, 1.165) is 24.3 Å². The second-order valence-electron chi connectivity index (χ2n) is 5.06. The van der Waals surface area contributed by atoms with Crippen molar-refractivity contribution in [1.29, 1.82) is 0 Å². The third-order valence-corrected chi connectivity index (χ3v) is 5.66. The lowest BCUT2D eigenvalue weighted by Crippen LogP contribution is -2.29. The Morgan fingerprint density at radius 3 is 2.89 bits per heavy atom. The summed E-state index contributed by atoms with van der Waals surface area (Å²) in [6, 6.07) is 4.46. The fraction of sp³-hybridized carbons (Fsp3) is 0.400. The molecule has 3 heterocycles. The number of rotatable bonds is 2. The van der Waals surface area contributed by atoms with Gasteiger partial charge in [0.2, 0.25) is 0 Å². The van der Waals surface area contributed by atoms with E-state index < -0.39 is 0 Å². The Hall–Kier alpha value is -1.13. The van der Waals surface area contributed by atoms with Crippen LogP contribution in [0.2, 0.25) is 0 Å². The normalized spacial score (nSPS) is 19.1. The molecule has 0 saturated carbocycles. The molecule has 0 N–H and O–H groups in total. The minimum absolute atomic E-state index is 0.204. The first-order chi connectivity index (χ1) is 9.16. The summed E-state index contributed by atoms with van der Waals surface area (Å²) < 4.78 is 0. The van der Waals surface area contributed by atoms with E-state index in [2.05, 4.69) is 30.7 Å². The Bertz CT molecular complexity index is 566. The van der Waals surface area contributed by atoms with Crippen LogP contribution in [-0.2, 0) is 0 Å². The van der Waals surface area contributed by atoms with Gasteiger partial charge in [0, 0.05) is 11.4 Å². The highest BCUT2D eigenvalue weighted by atomic mass is 32.1. The summed E-state index contributed by atoms with van der Waals surface area (Å²) in [6.45, 7) is 5.04. The standard InChI is InChI=1S/C15H17NOS2/c1-10-8-14(19-11(10)2)15(17)16-6-3-4-13(16)12-5-7-18-9-12/h5,7-9,13H,3-4,6H2,1-2H3/t13-/m0/s1. The van der Waals surface area contributed by atoms with E-state index in [1.165, 1.54) is 16.0 Å². The Kier molecular flexibility index (Phi) is 3.46. The summed E-state index contributed by atoms with van der Waals surface area (Å²) >= 11 is 3.33. The summed E-state index contributed by atoms with van der Waals surface area (Å²) in [6.07, 6.45) is 2.20. The number of carbonyl (C=O) groups excluding carboxylic acids is 1. The predicted octanol–water partition coefficient (Wildman–Crippen LogP) is 4.40. The van der Waals surface area contributed by atoms with E-state index in [-0.39, 0.29) is 11.9 Å². The molecule has 0 aromatic carbocycles. The monoisotopic (exact) mass is 291 g/mol. The van der Waals surface area contributed by atoms with Gasteiger partial charge >= 0.3 is 0 Å². The average molecular weight is 291 g/mol. The first-order valence-electron chi connectivity index (χ1n) is 6.57. The van der Waals surface area contributed by atoms with Crippen molar-refractivity contribution < 1.29 is 4.79 Å². The van der Waals surface area contributed by atoms with Crippen LogP contribution in [0.5, 0.6) is 0 Å². The number of hydrogen-bond acceptors (Lipinski definition) is 3. The van der Waals surface area contributed by atoms with E-state index in [4.69, 9.17) is 0 Å². The van der Waals surface area contributed by atoms with Crippen molar-refractivity contribution in [2.75, 3.05) is 6.54 Å². The molecule has 3 rings (SSSR count). The Labute approximate surface area is 121 Å². The van der Waals surface area contributed by atoms with E-state index in [9.17, 15) is 4.79 Å². The molecular formula is C15H17NOS2. The van der Waals surface area contributed by atoms with Crippen LogP contribution in [0.1, 0.15) is 44.6 Å². The molecule has 0 spiro atoms. The molecule has 0 bridgehead atoms. The average Bonchev–Trinajstić information content (AvgIpc) is 3.09. The second-order valence-corrected chi connectivity index (χ2v) is 7.10. The molecule has 2 nitrogen and oxygen atoms in total. The van der Waals surface area contributed by atoms with Crippen LogP contribution < -0.4 is 0 Å². The Morgan fingerprint density at radius 2 is 2.26 bits per heavy atom. The third kappa shape index (κ3) is 2.35. The van der Waals surface area contributed by atoms with Gasteiger partial charge in [-0.3, -0.25) is 4.79 Å². The summed E-state index contributed by atoms with van der Waals surface area (Å²) in [5.41, 5.74) is 2.51. The number of hydrogen-bond donors (Lipinski definition) is 0. The summed E-state index contributed by atoms with van der Waals surface area (Å²) in [7, 11) is 0. The lowest BCUT2D eigenvalue weighted by Gasteiger charge is -2.23. The molecule has 2 aromatic heterocycles. The van der Waals surface area contributed by atoms with Crippen molar-refractivity contribution in [3.63, 3.8) is 0 Å². The maximum atomic E-state index is 12.7. The molecule has 2 aromatic rings. The summed E-state index contributed by atoms with van der Waals surface area (Å²) in [5.74, 6) is 0.204. The first kappa shape index (κ1) is 12.9. The molecule has 1 amide bonds. The number of aryl methyl sites for hydroxylation is 2. The van der Waals surface area contributed by atoms with Crippen molar-refractivity contribution in [2.45, 2.75) is 32.7 Å². The van der Waals surface area contributed by atoms with Gasteiger partial charge < -0.3 is 4.90 Å². The van der Waals surface area contributed by atoms with Gasteiger partial charge in [0.15, 0.2) is 0 Å². The highest BCUT2D eigenvalue weighted by Gasteiger charge is 2.31. The minimum Gasteiger partial charge on any atom is -0.331 e. The quantitative estimate of drug-likeness (QED) is 0.803. The summed E-state index contributed by atoms with van der Waals surface area (Å²) in [4.78, 5) is 16.8. The molecular weight excluding hydrogens is 274 g/mol. The SMILES string of the molecule is Cc1cc(C(=O)N2CCC[C@H]2c2ccsc2)sc1C. The highest BCUT2D eigenvalue weighted by molar-refractivity contribution is 7.14. The lowest BCUT2D eigenvalue weighted by atomic mass is 10.1. The molecule has 19 heavy (non-hydrogen) atoms. The lowest BCUT2D eigenvalue weighted by molar-refractivity contribution is 0.0741. The Morgan fingerprint density at radius 1 is 1.42 bits per heavy atom. The molecule has 1 aliphatic rings. The fourth-order valence-corrected chi connectivity index (χ4v) is 4.34.